The summed E-state index contributed by atoms with van der Waals surface area (Å²) < 4.78 is 11.6. The van der Waals surface area contributed by atoms with E-state index in [0.717, 1.165) is 34.4 Å². The number of nitrogens with two attached hydrogens (primary N) is 1. The molecule has 0 unspecified atom stereocenters. The highest BCUT2D eigenvalue weighted by molar-refractivity contribution is 9.10. The van der Waals surface area contributed by atoms with Gasteiger partial charge < -0.3 is 15.2 Å². The summed E-state index contributed by atoms with van der Waals surface area (Å²) in [7, 11) is 0. The van der Waals surface area contributed by atoms with E-state index < -0.39 is 0 Å². The summed E-state index contributed by atoms with van der Waals surface area (Å²) in [5.41, 5.74) is 7.16. The lowest BCUT2D eigenvalue weighted by Crippen LogP contribution is -2.10. The van der Waals surface area contributed by atoms with Crippen molar-refractivity contribution in [1.82, 2.24) is 0 Å². The van der Waals surface area contributed by atoms with Crippen molar-refractivity contribution in [2.45, 2.75) is 25.8 Å². The first-order valence-electron chi connectivity index (χ1n) is 5.07. The number of halogens is 1. The van der Waals surface area contributed by atoms with Gasteiger partial charge in [0.05, 0.1) is 0 Å². The lowest BCUT2D eigenvalue weighted by Gasteiger charge is -2.13. The molecule has 2 rings (SSSR count). The van der Waals surface area contributed by atoms with Crippen molar-refractivity contribution in [3.63, 3.8) is 0 Å². The van der Waals surface area contributed by atoms with Crippen molar-refractivity contribution >= 4 is 15.9 Å². The van der Waals surface area contributed by atoms with Crippen LogP contribution in [0.25, 0.3) is 0 Å². The van der Waals surface area contributed by atoms with E-state index in [4.69, 9.17) is 15.2 Å². The molecular weight excluding hydrogens is 258 g/mol. The topological polar surface area (TPSA) is 44.5 Å². The van der Waals surface area contributed by atoms with E-state index in [9.17, 15) is 0 Å². The summed E-state index contributed by atoms with van der Waals surface area (Å²) in [5, 5.41) is 0. The molecule has 2 N–H and O–H groups in total. The van der Waals surface area contributed by atoms with Gasteiger partial charge in [0, 0.05) is 10.5 Å². The van der Waals surface area contributed by atoms with Crippen molar-refractivity contribution in [3.8, 4) is 11.5 Å². The van der Waals surface area contributed by atoms with E-state index in [1.54, 1.807) is 0 Å². The smallest absolute Gasteiger partial charge is 0.231 e. The number of benzene rings is 1. The molecular formula is C11H14BrNO2. The number of hydrogen-bond donors (Lipinski definition) is 1. The van der Waals surface area contributed by atoms with Crippen molar-refractivity contribution in [2.75, 3.05) is 6.79 Å². The molecule has 0 fully saturated rings. The summed E-state index contributed by atoms with van der Waals surface area (Å²) in [4.78, 5) is 0. The summed E-state index contributed by atoms with van der Waals surface area (Å²) in [6.07, 6.45) is 2.04. The fraction of sp³-hybridized carbons (Fsp3) is 0.455. The van der Waals surface area contributed by atoms with Crippen LogP contribution in [0.15, 0.2) is 16.6 Å². The SMILES string of the molecule is CCC[C@H](N)c1cc2c(cc1Br)OCO2. The predicted octanol–water partition coefficient (Wildman–Crippen LogP) is 2.98. The van der Waals surface area contributed by atoms with E-state index in [0.29, 0.717) is 6.79 Å². The van der Waals surface area contributed by atoms with Crippen LogP contribution in [-0.2, 0) is 0 Å². The second-order valence-electron chi connectivity index (χ2n) is 3.62. The maximum atomic E-state index is 6.07. The van der Waals surface area contributed by atoms with Gasteiger partial charge in [0.15, 0.2) is 11.5 Å². The second-order valence-corrected chi connectivity index (χ2v) is 4.48. The molecule has 0 radical (unpaired) electrons. The summed E-state index contributed by atoms with van der Waals surface area (Å²) in [6.45, 7) is 2.43. The van der Waals surface area contributed by atoms with Gasteiger partial charge in [-0.25, -0.2) is 0 Å². The largest absolute Gasteiger partial charge is 0.454 e. The third-order valence-electron chi connectivity index (χ3n) is 2.49. The normalized spacial score (nSPS) is 15.4. The Hall–Kier alpha value is -0.740. The van der Waals surface area contributed by atoms with Crippen molar-refractivity contribution in [3.05, 3.63) is 22.2 Å². The van der Waals surface area contributed by atoms with Crippen LogP contribution in [0.5, 0.6) is 11.5 Å². The number of fused-ring (bicyclic) bond motifs is 1. The van der Waals surface area contributed by atoms with Crippen LogP contribution in [0.4, 0.5) is 0 Å². The van der Waals surface area contributed by atoms with Crippen molar-refractivity contribution < 1.29 is 9.47 Å². The quantitative estimate of drug-likeness (QED) is 0.920. The van der Waals surface area contributed by atoms with Crippen LogP contribution in [0.3, 0.4) is 0 Å². The Bertz CT molecular complexity index is 368. The molecule has 0 saturated carbocycles. The summed E-state index contributed by atoms with van der Waals surface area (Å²) >= 11 is 3.50. The van der Waals surface area contributed by atoms with Gasteiger partial charge in [-0.1, -0.05) is 29.3 Å². The first-order valence-corrected chi connectivity index (χ1v) is 5.86. The molecule has 1 aromatic carbocycles. The van der Waals surface area contributed by atoms with Gasteiger partial charge in [-0.05, 0) is 24.1 Å². The molecule has 82 valence electrons. The third-order valence-corrected chi connectivity index (χ3v) is 3.18. The fourth-order valence-electron chi connectivity index (χ4n) is 1.68. The van der Waals surface area contributed by atoms with E-state index >= 15 is 0 Å². The Labute approximate surface area is 97.7 Å². The Morgan fingerprint density at radius 2 is 2.07 bits per heavy atom. The van der Waals surface area contributed by atoms with Crippen molar-refractivity contribution in [2.24, 2.45) is 5.73 Å². The molecule has 0 spiro atoms. The fourth-order valence-corrected chi connectivity index (χ4v) is 2.30. The van der Waals surface area contributed by atoms with Crippen molar-refractivity contribution in [1.29, 1.82) is 0 Å². The molecule has 1 heterocycles. The highest BCUT2D eigenvalue weighted by Gasteiger charge is 2.18. The molecule has 0 aliphatic carbocycles. The molecule has 3 nitrogen and oxygen atoms in total. The van der Waals surface area contributed by atoms with Gasteiger partial charge in [-0.3, -0.25) is 0 Å². The van der Waals surface area contributed by atoms with Crippen LogP contribution in [0.2, 0.25) is 0 Å². The van der Waals surface area contributed by atoms with Crippen LogP contribution < -0.4 is 15.2 Å². The third kappa shape index (κ3) is 2.11. The Kier molecular flexibility index (Phi) is 3.17. The lowest BCUT2D eigenvalue weighted by molar-refractivity contribution is 0.174. The molecule has 0 bridgehead atoms. The van der Waals surface area contributed by atoms with Crippen LogP contribution >= 0.6 is 15.9 Å². The molecule has 15 heavy (non-hydrogen) atoms. The average Bonchev–Trinajstić information content (AvgIpc) is 2.63. The Balaban J connectivity index is 2.31. The number of rotatable bonds is 3. The molecule has 0 aromatic heterocycles. The summed E-state index contributed by atoms with van der Waals surface area (Å²) in [6, 6.07) is 3.94. The van der Waals surface area contributed by atoms with Gasteiger partial charge in [0.1, 0.15) is 0 Å². The molecule has 4 heteroatoms. The predicted molar refractivity (Wildman–Crippen MR) is 62.1 cm³/mol. The van der Waals surface area contributed by atoms with E-state index in [2.05, 4.69) is 22.9 Å². The summed E-state index contributed by atoms with van der Waals surface area (Å²) in [5.74, 6) is 1.58. The van der Waals surface area contributed by atoms with Gasteiger partial charge >= 0.3 is 0 Å². The Morgan fingerprint density at radius 1 is 1.40 bits per heavy atom. The van der Waals surface area contributed by atoms with Crippen LogP contribution in [0.1, 0.15) is 31.4 Å². The molecule has 1 aliphatic rings. The second kappa shape index (κ2) is 4.41. The minimum atomic E-state index is 0.0545. The molecule has 0 saturated heterocycles. The highest BCUT2D eigenvalue weighted by Crippen LogP contribution is 2.39. The monoisotopic (exact) mass is 271 g/mol. The molecule has 1 atom stereocenters. The van der Waals surface area contributed by atoms with E-state index in [1.165, 1.54) is 0 Å². The van der Waals surface area contributed by atoms with Gasteiger partial charge in [-0.15, -0.1) is 0 Å². The van der Waals surface area contributed by atoms with E-state index in [1.807, 2.05) is 12.1 Å². The standard InChI is InChI=1S/C11H14BrNO2/c1-2-3-9(13)7-4-10-11(5-8(7)12)15-6-14-10/h4-5,9H,2-3,6,13H2,1H3/t9-/m0/s1. The van der Waals surface area contributed by atoms with Gasteiger partial charge in [0.2, 0.25) is 6.79 Å². The Morgan fingerprint density at radius 3 is 2.73 bits per heavy atom. The minimum absolute atomic E-state index is 0.0545. The number of hydrogen-bond acceptors (Lipinski definition) is 3. The minimum Gasteiger partial charge on any atom is -0.454 e. The first kappa shape index (κ1) is 10.8. The van der Waals surface area contributed by atoms with Crippen LogP contribution in [0, 0.1) is 0 Å². The lowest BCUT2D eigenvalue weighted by atomic mass is 10.0. The average molecular weight is 272 g/mol. The van der Waals surface area contributed by atoms with Gasteiger partial charge in [0.25, 0.3) is 0 Å². The molecule has 1 aliphatic heterocycles. The zero-order chi connectivity index (χ0) is 10.8. The maximum absolute atomic E-state index is 6.07. The number of ether oxygens (including phenoxy) is 2. The molecule has 0 amide bonds. The van der Waals surface area contributed by atoms with E-state index in [-0.39, 0.29) is 6.04 Å². The maximum Gasteiger partial charge on any atom is 0.231 e. The zero-order valence-corrected chi connectivity index (χ0v) is 10.2. The van der Waals surface area contributed by atoms with Crippen LogP contribution in [-0.4, -0.2) is 6.79 Å². The first-order chi connectivity index (χ1) is 7.22. The molecule has 1 aromatic rings. The van der Waals surface area contributed by atoms with Gasteiger partial charge in [-0.2, -0.15) is 0 Å². The highest BCUT2D eigenvalue weighted by atomic mass is 79.9. The zero-order valence-electron chi connectivity index (χ0n) is 8.63.